The molecule has 2 aromatic rings. The largest absolute Gasteiger partial charge is 0.478 e. The van der Waals surface area contributed by atoms with E-state index in [-0.39, 0.29) is 12.0 Å². The maximum Gasteiger partial charge on any atom is 0.339 e. The van der Waals surface area contributed by atoms with Crippen molar-refractivity contribution in [1.29, 1.82) is 0 Å². The molecule has 0 saturated carbocycles. The van der Waals surface area contributed by atoms with Gasteiger partial charge in [0.2, 0.25) is 0 Å². The summed E-state index contributed by atoms with van der Waals surface area (Å²) in [4.78, 5) is 48.4. The maximum atomic E-state index is 12.7. The number of carboxylic acids is 3. The molecule has 0 radical (unpaired) electrons. The zero-order chi connectivity index (χ0) is 24.8. The van der Waals surface area contributed by atoms with Crippen LogP contribution in [-0.4, -0.2) is 51.3 Å². The zero-order valence-electron chi connectivity index (χ0n) is 18.7. The molecule has 0 aliphatic rings. The van der Waals surface area contributed by atoms with Crippen molar-refractivity contribution in [2.45, 2.75) is 45.8 Å². The van der Waals surface area contributed by atoms with Crippen molar-refractivity contribution < 1.29 is 39.2 Å². The van der Waals surface area contributed by atoms with Gasteiger partial charge in [0.1, 0.15) is 5.60 Å². The normalized spacial score (nSPS) is 11.1. The summed E-state index contributed by atoms with van der Waals surface area (Å²) in [5, 5.41) is 32.2. The number of aryl methyl sites for hydroxylation is 1. The molecule has 9 heteroatoms. The minimum Gasteiger partial charge on any atom is -0.478 e. The third-order valence-corrected chi connectivity index (χ3v) is 4.64. The van der Waals surface area contributed by atoms with E-state index in [2.05, 4.69) is 5.32 Å². The Morgan fingerprint density at radius 1 is 0.879 bits per heavy atom. The van der Waals surface area contributed by atoms with Gasteiger partial charge in [-0.2, -0.15) is 0 Å². The molecule has 33 heavy (non-hydrogen) atoms. The standard InChI is InChI=1S/C24H27NO8/c1-24(2,3)33-23(32)16-12-15(10-7-11-25-13-14-8-5-4-6-9-14)17(20(26)27)19(22(30)31)18(16)21(28)29/h4-6,8-9,12,25H,7,10-11,13H2,1-3H3,(H,26,27)(H,28,29)(H,30,31). The molecule has 0 unspecified atom stereocenters. The highest BCUT2D eigenvalue weighted by Gasteiger charge is 2.33. The van der Waals surface area contributed by atoms with Gasteiger partial charge in [-0.1, -0.05) is 30.3 Å². The number of benzene rings is 2. The van der Waals surface area contributed by atoms with E-state index in [9.17, 15) is 34.5 Å². The Kier molecular flexibility index (Phi) is 8.31. The van der Waals surface area contributed by atoms with Crippen LogP contribution in [0.3, 0.4) is 0 Å². The highest BCUT2D eigenvalue weighted by molar-refractivity contribution is 6.14. The molecule has 0 fully saturated rings. The first-order chi connectivity index (χ1) is 15.4. The third kappa shape index (κ3) is 6.88. The second-order valence-electron chi connectivity index (χ2n) is 8.39. The summed E-state index contributed by atoms with van der Waals surface area (Å²) in [6, 6.07) is 10.7. The van der Waals surface area contributed by atoms with Crippen LogP contribution in [0.15, 0.2) is 36.4 Å². The number of ether oxygens (including phenoxy) is 1. The van der Waals surface area contributed by atoms with Gasteiger partial charge in [-0.3, -0.25) is 0 Å². The Morgan fingerprint density at radius 3 is 1.97 bits per heavy atom. The van der Waals surface area contributed by atoms with Crippen LogP contribution in [0.1, 0.15) is 79.8 Å². The fourth-order valence-electron chi connectivity index (χ4n) is 3.34. The Morgan fingerprint density at radius 2 is 1.45 bits per heavy atom. The van der Waals surface area contributed by atoms with Crippen molar-refractivity contribution in [3.05, 3.63) is 69.8 Å². The molecule has 0 aliphatic carbocycles. The first kappa shape index (κ1) is 25.5. The van der Waals surface area contributed by atoms with Gasteiger partial charge in [-0.05, 0) is 57.4 Å². The smallest absolute Gasteiger partial charge is 0.339 e. The lowest BCUT2D eigenvalue weighted by Crippen LogP contribution is -2.27. The van der Waals surface area contributed by atoms with Crippen LogP contribution < -0.4 is 5.32 Å². The van der Waals surface area contributed by atoms with Gasteiger partial charge in [-0.15, -0.1) is 0 Å². The van der Waals surface area contributed by atoms with Gasteiger partial charge >= 0.3 is 23.9 Å². The SMILES string of the molecule is CC(C)(C)OC(=O)c1cc(CCCNCc2ccccc2)c(C(=O)O)c(C(=O)O)c1C(=O)O. The van der Waals surface area contributed by atoms with Crippen LogP contribution in [-0.2, 0) is 17.7 Å². The van der Waals surface area contributed by atoms with Gasteiger partial charge in [0.05, 0.1) is 22.3 Å². The summed E-state index contributed by atoms with van der Waals surface area (Å²) in [5.41, 5.74) is -2.83. The van der Waals surface area contributed by atoms with E-state index >= 15 is 0 Å². The Hall–Kier alpha value is -3.72. The zero-order valence-corrected chi connectivity index (χ0v) is 18.7. The fourth-order valence-corrected chi connectivity index (χ4v) is 3.34. The quantitative estimate of drug-likeness (QED) is 0.311. The molecule has 0 saturated heterocycles. The number of rotatable bonds is 10. The van der Waals surface area contributed by atoms with Gasteiger partial charge in [0.25, 0.3) is 0 Å². The molecule has 0 heterocycles. The highest BCUT2D eigenvalue weighted by Crippen LogP contribution is 2.27. The number of carboxylic acid groups (broad SMARTS) is 3. The van der Waals surface area contributed by atoms with Gasteiger partial charge < -0.3 is 25.4 Å². The van der Waals surface area contributed by atoms with Crippen LogP contribution in [0.25, 0.3) is 0 Å². The molecule has 176 valence electrons. The summed E-state index contributed by atoms with van der Waals surface area (Å²) in [7, 11) is 0. The van der Waals surface area contributed by atoms with E-state index in [1.165, 1.54) is 0 Å². The number of nitrogens with one attached hydrogen (secondary N) is 1. The topological polar surface area (TPSA) is 150 Å². The Balaban J connectivity index is 2.41. The summed E-state index contributed by atoms with van der Waals surface area (Å²) in [6.45, 7) is 5.81. The molecule has 0 spiro atoms. The number of hydrogen-bond acceptors (Lipinski definition) is 6. The molecule has 2 aromatic carbocycles. The van der Waals surface area contributed by atoms with Crippen molar-refractivity contribution in [2.75, 3.05) is 6.54 Å². The van der Waals surface area contributed by atoms with Crippen LogP contribution in [0.5, 0.6) is 0 Å². The van der Waals surface area contributed by atoms with E-state index in [1.54, 1.807) is 20.8 Å². The molecule has 0 amide bonds. The summed E-state index contributed by atoms with van der Waals surface area (Å²) >= 11 is 0. The lowest BCUT2D eigenvalue weighted by atomic mass is 9.89. The molecule has 4 N–H and O–H groups in total. The lowest BCUT2D eigenvalue weighted by Gasteiger charge is -2.22. The highest BCUT2D eigenvalue weighted by atomic mass is 16.6. The van der Waals surface area contributed by atoms with Crippen molar-refractivity contribution in [3.8, 4) is 0 Å². The summed E-state index contributed by atoms with van der Waals surface area (Å²) in [6.07, 6.45) is 0.533. The molecule has 2 rings (SSSR count). The molecular formula is C24H27NO8. The average Bonchev–Trinajstić information content (AvgIpc) is 2.71. The minimum atomic E-state index is -1.75. The second kappa shape index (κ2) is 10.7. The minimum absolute atomic E-state index is 0.0484. The first-order valence-corrected chi connectivity index (χ1v) is 10.3. The second-order valence-corrected chi connectivity index (χ2v) is 8.39. The molecule has 9 nitrogen and oxygen atoms in total. The van der Waals surface area contributed by atoms with E-state index in [4.69, 9.17) is 4.74 Å². The van der Waals surface area contributed by atoms with Crippen molar-refractivity contribution in [2.24, 2.45) is 0 Å². The van der Waals surface area contributed by atoms with Crippen LogP contribution >= 0.6 is 0 Å². The van der Waals surface area contributed by atoms with Gasteiger partial charge in [0, 0.05) is 6.54 Å². The predicted octanol–water partition coefficient (Wildman–Crippen LogP) is 3.46. The maximum absolute atomic E-state index is 12.7. The molecule has 0 bridgehead atoms. The van der Waals surface area contributed by atoms with E-state index in [0.717, 1.165) is 11.6 Å². The Labute approximate surface area is 191 Å². The van der Waals surface area contributed by atoms with Gasteiger partial charge in [0.15, 0.2) is 0 Å². The lowest BCUT2D eigenvalue weighted by molar-refractivity contribution is 0.00652. The van der Waals surface area contributed by atoms with Crippen LogP contribution in [0.4, 0.5) is 0 Å². The van der Waals surface area contributed by atoms with Gasteiger partial charge in [-0.25, -0.2) is 19.2 Å². The summed E-state index contributed by atoms with van der Waals surface area (Å²) in [5.74, 6) is -6.11. The monoisotopic (exact) mass is 457 g/mol. The molecule has 0 aliphatic heterocycles. The average molecular weight is 457 g/mol. The number of aromatic carboxylic acids is 3. The Bertz CT molecular complexity index is 1050. The predicted molar refractivity (Wildman–Crippen MR) is 119 cm³/mol. The van der Waals surface area contributed by atoms with Crippen LogP contribution in [0, 0.1) is 0 Å². The van der Waals surface area contributed by atoms with E-state index in [1.807, 2.05) is 30.3 Å². The fraction of sp³-hybridized carbons (Fsp3) is 0.333. The number of hydrogen-bond donors (Lipinski definition) is 4. The van der Waals surface area contributed by atoms with Crippen molar-refractivity contribution >= 4 is 23.9 Å². The first-order valence-electron chi connectivity index (χ1n) is 10.3. The molecule has 0 atom stereocenters. The van der Waals surface area contributed by atoms with E-state index in [0.29, 0.717) is 19.5 Å². The van der Waals surface area contributed by atoms with Crippen molar-refractivity contribution in [1.82, 2.24) is 5.32 Å². The third-order valence-electron chi connectivity index (χ3n) is 4.64. The van der Waals surface area contributed by atoms with E-state index < -0.39 is 51.7 Å². The molecule has 0 aromatic heterocycles. The number of carbonyl (C=O) groups excluding carboxylic acids is 1. The molecular weight excluding hydrogens is 430 g/mol. The summed E-state index contributed by atoms with van der Waals surface area (Å²) < 4.78 is 5.24. The van der Waals surface area contributed by atoms with Crippen LogP contribution in [0.2, 0.25) is 0 Å². The number of esters is 1. The number of carbonyl (C=O) groups is 4. The van der Waals surface area contributed by atoms with Crippen molar-refractivity contribution in [3.63, 3.8) is 0 Å².